The molecule has 1 aromatic carbocycles. The minimum atomic E-state index is -1.85. The van der Waals surface area contributed by atoms with Gasteiger partial charge in [-0.05, 0) is 12.1 Å². The molecule has 1 aromatic rings. The van der Waals surface area contributed by atoms with Gasteiger partial charge >= 0.3 is 10.4 Å². The molecule has 0 aliphatic carbocycles. The summed E-state index contributed by atoms with van der Waals surface area (Å²) >= 11 is 2.72. The predicted molar refractivity (Wildman–Crippen MR) is 62.5 cm³/mol. The number of aliphatic hydroxyl groups excluding tert-OH is 1. The summed E-state index contributed by atoms with van der Waals surface area (Å²) in [6, 6.07) is 8.10. The fraction of sp³-hybridized carbons (Fsp3) is 0.300. The number of carbonyl (C=O) groups excluding carboxylic acids is 1. The Morgan fingerprint density at radius 3 is 2.53 bits per heavy atom. The molecule has 0 saturated carbocycles. The van der Waals surface area contributed by atoms with Crippen LogP contribution in [-0.4, -0.2) is 33.7 Å². The molecule has 0 spiro atoms. The van der Waals surface area contributed by atoms with Crippen LogP contribution in [0.15, 0.2) is 30.3 Å². The standard InChI is InChI=1S/C10H10BrNO5/c11-10(6-13,12(15)16)7-17-9(14)8-4-2-1-3-5-8/h1-5,13H,6-7H2. The van der Waals surface area contributed by atoms with Crippen molar-refractivity contribution in [1.29, 1.82) is 0 Å². The highest BCUT2D eigenvalue weighted by molar-refractivity contribution is 9.10. The first-order valence-electron chi connectivity index (χ1n) is 4.66. The summed E-state index contributed by atoms with van der Waals surface area (Å²) in [5.74, 6) is -0.676. The number of alkyl halides is 1. The smallest absolute Gasteiger partial charge is 0.338 e. The Labute approximate surface area is 105 Å². The molecule has 0 saturated heterocycles. The van der Waals surface area contributed by atoms with E-state index >= 15 is 0 Å². The van der Waals surface area contributed by atoms with Gasteiger partial charge in [-0.3, -0.25) is 10.1 Å². The molecule has 0 fully saturated rings. The van der Waals surface area contributed by atoms with Crippen molar-refractivity contribution < 1.29 is 19.6 Å². The molecule has 1 N–H and O–H groups in total. The van der Waals surface area contributed by atoms with Crippen molar-refractivity contribution in [3.05, 3.63) is 46.0 Å². The maximum atomic E-state index is 11.5. The lowest BCUT2D eigenvalue weighted by Crippen LogP contribution is -2.41. The van der Waals surface area contributed by atoms with Crippen LogP contribution in [0, 0.1) is 10.1 Å². The third-order valence-corrected chi connectivity index (χ3v) is 2.77. The fourth-order valence-corrected chi connectivity index (χ4v) is 1.10. The third kappa shape index (κ3) is 3.50. The maximum absolute atomic E-state index is 11.5. The van der Waals surface area contributed by atoms with E-state index in [1.165, 1.54) is 12.1 Å². The average molecular weight is 304 g/mol. The lowest BCUT2D eigenvalue weighted by Gasteiger charge is -2.15. The zero-order valence-corrected chi connectivity index (χ0v) is 10.3. The quantitative estimate of drug-likeness (QED) is 0.290. The lowest BCUT2D eigenvalue weighted by molar-refractivity contribution is -0.541. The Kier molecular flexibility index (Phi) is 4.59. The van der Waals surface area contributed by atoms with Gasteiger partial charge in [-0.2, -0.15) is 0 Å². The summed E-state index contributed by atoms with van der Waals surface area (Å²) in [5.41, 5.74) is 0.295. The van der Waals surface area contributed by atoms with Crippen LogP contribution >= 0.6 is 15.9 Å². The average Bonchev–Trinajstić information content (AvgIpc) is 2.36. The molecule has 6 nitrogen and oxygen atoms in total. The van der Waals surface area contributed by atoms with Crippen LogP contribution in [0.5, 0.6) is 0 Å². The molecule has 0 radical (unpaired) electrons. The molecule has 92 valence electrons. The van der Waals surface area contributed by atoms with Crippen LogP contribution in [0.4, 0.5) is 0 Å². The fourth-order valence-electron chi connectivity index (χ4n) is 0.990. The predicted octanol–water partition coefficient (Wildman–Crippen LogP) is 1.20. The zero-order valence-electron chi connectivity index (χ0n) is 8.71. The first kappa shape index (κ1) is 13.6. The van der Waals surface area contributed by atoms with Gasteiger partial charge in [0.15, 0.2) is 6.61 Å². The molecule has 0 aromatic heterocycles. The van der Waals surface area contributed by atoms with Crippen molar-refractivity contribution in [2.24, 2.45) is 0 Å². The van der Waals surface area contributed by atoms with Gasteiger partial charge in [0.25, 0.3) is 0 Å². The topological polar surface area (TPSA) is 89.7 Å². The normalized spacial score (nSPS) is 13.8. The van der Waals surface area contributed by atoms with Crippen LogP contribution in [0.3, 0.4) is 0 Å². The van der Waals surface area contributed by atoms with E-state index in [1.807, 2.05) is 0 Å². The molecular weight excluding hydrogens is 294 g/mol. The highest BCUT2D eigenvalue weighted by Gasteiger charge is 2.41. The molecule has 0 aliphatic rings. The van der Waals surface area contributed by atoms with E-state index in [9.17, 15) is 14.9 Å². The highest BCUT2D eigenvalue weighted by atomic mass is 79.9. The van der Waals surface area contributed by atoms with Gasteiger partial charge in [0.1, 0.15) is 6.61 Å². The minimum Gasteiger partial charge on any atom is -0.453 e. The number of benzene rings is 1. The van der Waals surface area contributed by atoms with E-state index in [0.29, 0.717) is 5.56 Å². The van der Waals surface area contributed by atoms with Gasteiger partial charge in [-0.15, -0.1) is 0 Å². The van der Waals surface area contributed by atoms with E-state index in [0.717, 1.165) is 0 Å². The number of nitro groups is 1. The van der Waals surface area contributed by atoms with Crippen LogP contribution in [0.25, 0.3) is 0 Å². The summed E-state index contributed by atoms with van der Waals surface area (Å²) in [6.07, 6.45) is 0. The Bertz CT molecular complexity index is 410. The molecule has 0 amide bonds. The summed E-state index contributed by atoms with van der Waals surface area (Å²) in [5, 5.41) is 19.5. The number of hydrogen-bond acceptors (Lipinski definition) is 5. The van der Waals surface area contributed by atoms with Crippen molar-refractivity contribution in [3.8, 4) is 0 Å². The second-order valence-corrected chi connectivity index (χ2v) is 4.75. The summed E-state index contributed by atoms with van der Waals surface area (Å²) < 4.78 is 2.91. The van der Waals surface area contributed by atoms with Crippen molar-refractivity contribution in [2.75, 3.05) is 13.2 Å². The first-order valence-corrected chi connectivity index (χ1v) is 5.45. The van der Waals surface area contributed by atoms with E-state index in [4.69, 9.17) is 9.84 Å². The largest absolute Gasteiger partial charge is 0.453 e. The van der Waals surface area contributed by atoms with Crippen LogP contribution in [0.1, 0.15) is 10.4 Å². The Morgan fingerprint density at radius 1 is 1.47 bits per heavy atom. The summed E-state index contributed by atoms with van der Waals surface area (Å²) in [4.78, 5) is 21.3. The number of esters is 1. The lowest BCUT2D eigenvalue weighted by atomic mass is 10.2. The molecule has 0 bridgehead atoms. The Hall–Kier alpha value is -1.47. The van der Waals surface area contributed by atoms with Gasteiger partial charge in [0, 0.05) is 20.9 Å². The van der Waals surface area contributed by atoms with E-state index in [2.05, 4.69) is 15.9 Å². The number of aliphatic hydroxyl groups is 1. The molecule has 0 aliphatic heterocycles. The van der Waals surface area contributed by atoms with Crippen molar-refractivity contribution >= 4 is 21.9 Å². The van der Waals surface area contributed by atoms with E-state index < -0.39 is 28.6 Å². The first-order chi connectivity index (χ1) is 7.99. The second kappa shape index (κ2) is 5.74. The number of rotatable bonds is 5. The van der Waals surface area contributed by atoms with Crippen molar-refractivity contribution in [2.45, 2.75) is 4.45 Å². The Balaban J connectivity index is 2.63. The number of ether oxygens (including phenoxy) is 1. The van der Waals surface area contributed by atoms with Gasteiger partial charge in [-0.1, -0.05) is 18.2 Å². The highest BCUT2D eigenvalue weighted by Crippen LogP contribution is 2.19. The van der Waals surface area contributed by atoms with Crippen molar-refractivity contribution in [3.63, 3.8) is 0 Å². The molecule has 7 heteroatoms. The summed E-state index contributed by atoms with van der Waals surface area (Å²) in [6.45, 7) is -1.33. The van der Waals surface area contributed by atoms with Crippen molar-refractivity contribution in [1.82, 2.24) is 0 Å². The van der Waals surface area contributed by atoms with Gasteiger partial charge in [0.05, 0.1) is 5.56 Å². The monoisotopic (exact) mass is 303 g/mol. The maximum Gasteiger partial charge on any atom is 0.338 e. The van der Waals surface area contributed by atoms with E-state index in [-0.39, 0.29) is 0 Å². The second-order valence-electron chi connectivity index (χ2n) is 3.28. The third-order valence-electron chi connectivity index (χ3n) is 2.00. The minimum absolute atomic E-state index is 0.295. The zero-order chi connectivity index (χ0) is 12.9. The molecule has 0 heterocycles. The van der Waals surface area contributed by atoms with Crippen LogP contribution < -0.4 is 0 Å². The number of carbonyl (C=O) groups is 1. The summed E-state index contributed by atoms with van der Waals surface area (Å²) in [7, 11) is 0. The number of halogens is 1. The molecule has 17 heavy (non-hydrogen) atoms. The van der Waals surface area contributed by atoms with Crippen LogP contribution in [0.2, 0.25) is 0 Å². The molecular formula is C10H10BrNO5. The number of nitrogens with zero attached hydrogens (tertiary/aromatic N) is 1. The molecule has 1 rings (SSSR count). The van der Waals surface area contributed by atoms with Crippen LogP contribution in [-0.2, 0) is 4.74 Å². The number of hydrogen-bond donors (Lipinski definition) is 1. The van der Waals surface area contributed by atoms with Gasteiger partial charge in [-0.25, -0.2) is 4.79 Å². The molecule has 1 unspecified atom stereocenters. The van der Waals surface area contributed by atoms with Gasteiger partial charge < -0.3 is 9.84 Å². The van der Waals surface area contributed by atoms with Gasteiger partial charge in [0.2, 0.25) is 0 Å². The van der Waals surface area contributed by atoms with E-state index in [1.54, 1.807) is 18.2 Å². The Morgan fingerprint density at radius 2 is 2.06 bits per heavy atom. The molecule has 1 atom stereocenters. The SMILES string of the molecule is O=C(OCC(Br)(CO)[N+](=O)[O-])c1ccccc1.